The Labute approximate surface area is 184 Å². The van der Waals surface area contributed by atoms with Crippen molar-refractivity contribution in [3.63, 3.8) is 0 Å². The third-order valence-electron chi connectivity index (χ3n) is 7.25. The van der Waals surface area contributed by atoms with E-state index in [0.29, 0.717) is 35.5 Å². The summed E-state index contributed by atoms with van der Waals surface area (Å²) in [7, 11) is 0. The van der Waals surface area contributed by atoms with Crippen molar-refractivity contribution >= 4 is 24.0 Å². The number of hydrogen-bond acceptors (Lipinski definition) is 6. The standard InChI is InChI=1S/C25H22N2O5/c1-2-31-25(30)14-5-3-13(4-6-14)20-10-7-15(32-20)12-26-27-23(28)21-16-8-9-17(19-11-18(16)19)22(21)24(27)29/h3-10,12,16-19,21-22H,2,11H2,1H3/b26-12-/t16-,17-,18-,19+,21-,22+/m1/s1. The molecular weight excluding hydrogens is 408 g/mol. The van der Waals surface area contributed by atoms with Gasteiger partial charge in [0.2, 0.25) is 0 Å². The first-order valence-electron chi connectivity index (χ1n) is 11.0. The SMILES string of the molecule is CCOC(=O)c1ccc(-c2ccc(/C=N\N3C(=O)[C@@H]4[C@@H]5C=C[C@H]([C@@H]6C[C@H]56)[C@@H]4C3=O)o2)cc1. The van der Waals surface area contributed by atoms with E-state index in [-0.39, 0.29) is 41.5 Å². The third-order valence-corrected chi connectivity index (χ3v) is 7.25. The van der Waals surface area contributed by atoms with Crippen molar-refractivity contribution in [3.05, 3.63) is 59.9 Å². The number of hydrogen-bond donors (Lipinski definition) is 0. The van der Waals surface area contributed by atoms with Crippen LogP contribution in [0, 0.1) is 35.5 Å². The Morgan fingerprint density at radius 2 is 1.72 bits per heavy atom. The fourth-order valence-corrected chi connectivity index (χ4v) is 5.73. The summed E-state index contributed by atoms with van der Waals surface area (Å²) in [5.41, 5.74) is 1.26. The van der Waals surface area contributed by atoms with E-state index in [1.165, 1.54) is 6.21 Å². The molecule has 2 aromatic rings. The molecule has 32 heavy (non-hydrogen) atoms. The fourth-order valence-electron chi connectivity index (χ4n) is 5.73. The molecule has 7 heteroatoms. The molecule has 3 fully saturated rings. The predicted octanol–water partition coefficient (Wildman–Crippen LogP) is 3.51. The molecule has 162 valence electrons. The van der Waals surface area contributed by atoms with Gasteiger partial charge in [-0.15, -0.1) is 0 Å². The maximum Gasteiger partial charge on any atom is 0.338 e. The number of allylic oxidation sites excluding steroid dienone is 2. The van der Waals surface area contributed by atoms with Gasteiger partial charge in [0.15, 0.2) is 0 Å². The second kappa shape index (κ2) is 7.02. The van der Waals surface area contributed by atoms with Crippen LogP contribution in [0.4, 0.5) is 0 Å². The number of rotatable bonds is 5. The van der Waals surface area contributed by atoms with Crippen LogP contribution < -0.4 is 0 Å². The molecule has 0 radical (unpaired) electrons. The first-order chi connectivity index (χ1) is 15.6. The summed E-state index contributed by atoms with van der Waals surface area (Å²) in [5, 5.41) is 5.25. The van der Waals surface area contributed by atoms with Gasteiger partial charge in [-0.1, -0.05) is 24.3 Å². The minimum Gasteiger partial charge on any atom is -0.462 e. The van der Waals surface area contributed by atoms with Crippen LogP contribution in [0.25, 0.3) is 11.3 Å². The molecule has 1 saturated heterocycles. The van der Waals surface area contributed by atoms with Gasteiger partial charge in [-0.25, -0.2) is 4.79 Å². The molecule has 7 nitrogen and oxygen atoms in total. The Morgan fingerprint density at radius 3 is 2.34 bits per heavy atom. The molecule has 6 atom stereocenters. The lowest BCUT2D eigenvalue weighted by Crippen LogP contribution is -2.40. The number of furan rings is 1. The summed E-state index contributed by atoms with van der Waals surface area (Å²) >= 11 is 0. The highest BCUT2D eigenvalue weighted by Gasteiger charge is 2.67. The summed E-state index contributed by atoms with van der Waals surface area (Å²) in [6.45, 7) is 2.09. The zero-order chi connectivity index (χ0) is 22.0. The second-order valence-electron chi connectivity index (χ2n) is 8.89. The number of hydrazone groups is 1. The van der Waals surface area contributed by atoms with E-state index in [1.807, 2.05) is 0 Å². The van der Waals surface area contributed by atoms with Crippen LogP contribution >= 0.6 is 0 Å². The van der Waals surface area contributed by atoms with Crippen molar-refractivity contribution in [2.24, 2.45) is 40.6 Å². The van der Waals surface area contributed by atoms with Crippen LogP contribution in [0.15, 0.2) is 58.1 Å². The van der Waals surface area contributed by atoms with E-state index in [4.69, 9.17) is 9.15 Å². The van der Waals surface area contributed by atoms with Crippen molar-refractivity contribution in [2.75, 3.05) is 6.61 Å². The number of amides is 2. The Bertz CT molecular complexity index is 1140. The van der Waals surface area contributed by atoms with E-state index in [9.17, 15) is 14.4 Å². The minimum absolute atomic E-state index is 0.180. The molecule has 7 rings (SSSR count). The van der Waals surface area contributed by atoms with E-state index in [1.54, 1.807) is 43.3 Å². The van der Waals surface area contributed by atoms with Crippen LogP contribution in [-0.4, -0.2) is 35.6 Å². The zero-order valence-electron chi connectivity index (χ0n) is 17.5. The van der Waals surface area contributed by atoms with Crippen LogP contribution in [0.2, 0.25) is 0 Å². The molecule has 0 unspecified atom stereocenters. The average Bonchev–Trinajstić information content (AvgIpc) is 3.45. The topological polar surface area (TPSA) is 89.2 Å². The lowest BCUT2D eigenvalue weighted by Gasteiger charge is -2.37. The van der Waals surface area contributed by atoms with Crippen molar-refractivity contribution in [2.45, 2.75) is 13.3 Å². The molecule has 5 aliphatic rings. The molecule has 1 aliphatic heterocycles. The summed E-state index contributed by atoms with van der Waals surface area (Å²) < 4.78 is 10.8. The predicted molar refractivity (Wildman–Crippen MR) is 114 cm³/mol. The largest absolute Gasteiger partial charge is 0.462 e. The number of ether oxygens (including phenoxy) is 1. The van der Waals surface area contributed by atoms with Gasteiger partial charge in [0, 0.05) is 5.56 Å². The number of imide groups is 1. The number of carbonyl (C=O) groups is 3. The Balaban J connectivity index is 1.18. The average molecular weight is 430 g/mol. The monoisotopic (exact) mass is 430 g/mol. The zero-order valence-corrected chi connectivity index (χ0v) is 17.5. The maximum absolute atomic E-state index is 13.0. The van der Waals surface area contributed by atoms with Crippen molar-refractivity contribution in [1.29, 1.82) is 0 Å². The third kappa shape index (κ3) is 2.80. The lowest BCUT2D eigenvalue weighted by atomic mass is 9.63. The van der Waals surface area contributed by atoms with E-state index >= 15 is 0 Å². The highest BCUT2D eigenvalue weighted by Crippen LogP contribution is 2.65. The fraction of sp³-hybridized carbons (Fsp3) is 0.360. The first-order valence-corrected chi connectivity index (χ1v) is 11.0. The smallest absolute Gasteiger partial charge is 0.338 e. The highest BCUT2D eigenvalue weighted by molar-refractivity contribution is 6.06. The summed E-state index contributed by atoms with van der Waals surface area (Å²) in [6, 6.07) is 10.4. The summed E-state index contributed by atoms with van der Waals surface area (Å²) in [6.07, 6.45) is 6.84. The van der Waals surface area contributed by atoms with Gasteiger partial charge in [-0.2, -0.15) is 10.1 Å². The molecule has 2 saturated carbocycles. The molecule has 0 N–H and O–H groups in total. The minimum atomic E-state index is -0.368. The molecule has 2 heterocycles. The van der Waals surface area contributed by atoms with Crippen LogP contribution in [0.5, 0.6) is 0 Å². The number of nitrogens with zero attached hydrogens (tertiary/aromatic N) is 2. The first kappa shape index (κ1) is 19.2. The van der Waals surface area contributed by atoms with Crippen molar-refractivity contribution in [3.8, 4) is 11.3 Å². The van der Waals surface area contributed by atoms with Crippen molar-refractivity contribution < 1.29 is 23.5 Å². The maximum atomic E-state index is 13.0. The Hall–Kier alpha value is -3.48. The van der Waals surface area contributed by atoms with Crippen LogP contribution in [-0.2, 0) is 14.3 Å². The molecule has 4 aliphatic carbocycles. The van der Waals surface area contributed by atoms with Crippen LogP contribution in [0.1, 0.15) is 29.5 Å². The molecule has 1 aromatic heterocycles. The Kier molecular flexibility index (Phi) is 4.22. The van der Waals surface area contributed by atoms with Gasteiger partial charge in [-0.05, 0) is 61.3 Å². The summed E-state index contributed by atoms with van der Waals surface area (Å²) in [4.78, 5) is 37.7. The molecular formula is C25H22N2O5. The van der Waals surface area contributed by atoms with E-state index in [0.717, 1.165) is 17.0 Å². The highest BCUT2D eigenvalue weighted by atomic mass is 16.5. The quantitative estimate of drug-likeness (QED) is 0.313. The van der Waals surface area contributed by atoms with E-state index in [2.05, 4.69) is 17.3 Å². The van der Waals surface area contributed by atoms with Gasteiger partial charge < -0.3 is 9.15 Å². The molecule has 2 amide bonds. The molecule has 1 aromatic carbocycles. The van der Waals surface area contributed by atoms with Gasteiger partial charge in [0.25, 0.3) is 11.8 Å². The molecule has 0 spiro atoms. The van der Waals surface area contributed by atoms with Crippen molar-refractivity contribution in [1.82, 2.24) is 5.01 Å². The van der Waals surface area contributed by atoms with Gasteiger partial charge in [-0.3, -0.25) is 9.59 Å². The molecule has 2 bridgehead atoms. The van der Waals surface area contributed by atoms with E-state index < -0.39 is 0 Å². The number of benzene rings is 1. The number of carbonyl (C=O) groups excluding carboxylic acids is 3. The summed E-state index contributed by atoms with van der Waals surface area (Å²) in [5.74, 6) is 1.25. The lowest BCUT2D eigenvalue weighted by molar-refractivity contribution is -0.140. The van der Waals surface area contributed by atoms with Gasteiger partial charge in [0.1, 0.15) is 11.5 Å². The van der Waals surface area contributed by atoms with Gasteiger partial charge in [0.05, 0.1) is 30.2 Å². The van der Waals surface area contributed by atoms with Gasteiger partial charge >= 0.3 is 5.97 Å². The Morgan fingerprint density at radius 1 is 1.06 bits per heavy atom. The number of esters is 1. The normalized spacial score (nSPS) is 31.8. The second-order valence-corrected chi connectivity index (χ2v) is 8.89. The van der Waals surface area contributed by atoms with Crippen LogP contribution in [0.3, 0.4) is 0 Å².